The summed E-state index contributed by atoms with van der Waals surface area (Å²) in [6, 6.07) is 7.71. The maximum Gasteiger partial charge on any atom is 0.119 e. The van der Waals surface area contributed by atoms with Crippen molar-refractivity contribution in [2.75, 3.05) is 33.0 Å². The molecule has 4 heteroatoms. The summed E-state index contributed by atoms with van der Waals surface area (Å²) in [6.45, 7) is 5.68. The van der Waals surface area contributed by atoms with Gasteiger partial charge in [-0.2, -0.15) is 0 Å². The first-order valence-electron chi connectivity index (χ1n) is 7.50. The molecule has 0 heterocycles. The second kappa shape index (κ2) is 11.6. The van der Waals surface area contributed by atoms with Crippen molar-refractivity contribution in [2.24, 2.45) is 5.73 Å². The fourth-order valence-electron chi connectivity index (χ4n) is 1.78. The molecular weight excluding hydrogens is 254 g/mol. The summed E-state index contributed by atoms with van der Waals surface area (Å²) in [5, 5.41) is 0. The number of benzene rings is 1. The van der Waals surface area contributed by atoms with Crippen LogP contribution in [0.3, 0.4) is 0 Å². The largest absolute Gasteiger partial charge is 0.494 e. The van der Waals surface area contributed by atoms with Crippen LogP contribution in [0.4, 0.5) is 0 Å². The van der Waals surface area contributed by atoms with E-state index in [0.29, 0.717) is 13.2 Å². The summed E-state index contributed by atoms with van der Waals surface area (Å²) in [7, 11) is 0. The Balaban J connectivity index is 1.98. The van der Waals surface area contributed by atoms with Gasteiger partial charge in [-0.05, 0) is 57.0 Å². The molecule has 0 saturated carbocycles. The minimum Gasteiger partial charge on any atom is -0.494 e. The van der Waals surface area contributed by atoms with Crippen molar-refractivity contribution in [2.45, 2.75) is 32.6 Å². The van der Waals surface area contributed by atoms with Crippen molar-refractivity contribution in [1.29, 1.82) is 0 Å². The highest BCUT2D eigenvalue weighted by molar-refractivity contribution is 5.31. The molecule has 1 aromatic carbocycles. The molecule has 1 rings (SSSR count). The second-order valence-electron chi connectivity index (χ2n) is 4.57. The summed E-state index contributed by atoms with van der Waals surface area (Å²) < 4.78 is 16.5. The number of unbranched alkanes of at least 4 members (excludes halogenated alkanes) is 2. The van der Waals surface area contributed by atoms with Crippen LogP contribution < -0.4 is 15.2 Å². The van der Waals surface area contributed by atoms with Gasteiger partial charge in [-0.1, -0.05) is 0 Å². The first kappa shape index (κ1) is 16.8. The number of hydrogen-bond donors (Lipinski definition) is 1. The van der Waals surface area contributed by atoms with Crippen LogP contribution in [0.5, 0.6) is 11.5 Å². The Morgan fingerprint density at radius 1 is 0.800 bits per heavy atom. The number of nitrogens with two attached hydrogens (primary N) is 1. The Morgan fingerprint density at radius 2 is 1.45 bits per heavy atom. The molecule has 0 amide bonds. The van der Waals surface area contributed by atoms with Gasteiger partial charge in [0.25, 0.3) is 0 Å². The maximum absolute atomic E-state index is 5.63. The number of rotatable bonds is 12. The molecule has 0 saturated heterocycles. The summed E-state index contributed by atoms with van der Waals surface area (Å²) in [5.74, 6) is 1.75. The van der Waals surface area contributed by atoms with Crippen LogP contribution in [0.15, 0.2) is 24.3 Å². The minimum atomic E-state index is 0.677. The monoisotopic (exact) mass is 281 g/mol. The van der Waals surface area contributed by atoms with Gasteiger partial charge in [0.1, 0.15) is 11.5 Å². The zero-order valence-electron chi connectivity index (χ0n) is 12.5. The SMILES string of the molecule is CCOc1ccc(OCCCOCCCCCN)cc1. The molecule has 0 aromatic heterocycles. The van der Waals surface area contributed by atoms with E-state index in [1.807, 2.05) is 31.2 Å². The Morgan fingerprint density at radius 3 is 2.10 bits per heavy atom. The summed E-state index contributed by atoms with van der Waals surface area (Å²) >= 11 is 0. The van der Waals surface area contributed by atoms with Crippen molar-refractivity contribution in [3.8, 4) is 11.5 Å². The van der Waals surface area contributed by atoms with E-state index in [1.165, 1.54) is 0 Å². The molecule has 0 bridgehead atoms. The molecule has 2 N–H and O–H groups in total. The van der Waals surface area contributed by atoms with E-state index in [9.17, 15) is 0 Å². The van der Waals surface area contributed by atoms with E-state index in [0.717, 1.165) is 56.9 Å². The van der Waals surface area contributed by atoms with Crippen LogP contribution in [-0.4, -0.2) is 33.0 Å². The third-order valence-corrected chi connectivity index (χ3v) is 2.83. The molecule has 4 nitrogen and oxygen atoms in total. The Bertz CT molecular complexity index is 327. The standard InChI is InChI=1S/C16H27NO3/c1-2-19-15-7-9-16(10-8-15)20-14-6-13-18-12-5-3-4-11-17/h7-10H,2-6,11-14,17H2,1H3. The van der Waals surface area contributed by atoms with E-state index in [1.54, 1.807) is 0 Å². The summed E-state index contributed by atoms with van der Waals surface area (Å²) in [6.07, 6.45) is 4.24. The molecule has 0 fully saturated rings. The third-order valence-electron chi connectivity index (χ3n) is 2.83. The van der Waals surface area contributed by atoms with Gasteiger partial charge in [0.15, 0.2) is 0 Å². The van der Waals surface area contributed by atoms with Crippen LogP contribution >= 0.6 is 0 Å². The number of ether oxygens (including phenoxy) is 3. The van der Waals surface area contributed by atoms with E-state index in [2.05, 4.69) is 0 Å². The fourth-order valence-corrected chi connectivity index (χ4v) is 1.78. The average molecular weight is 281 g/mol. The van der Waals surface area contributed by atoms with Crippen LogP contribution in [0.25, 0.3) is 0 Å². The molecule has 114 valence electrons. The van der Waals surface area contributed by atoms with E-state index < -0.39 is 0 Å². The highest BCUT2D eigenvalue weighted by Crippen LogP contribution is 2.17. The van der Waals surface area contributed by atoms with Gasteiger partial charge in [-0.15, -0.1) is 0 Å². The van der Waals surface area contributed by atoms with E-state index >= 15 is 0 Å². The molecule has 1 aromatic rings. The summed E-state index contributed by atoms with van der Waals surface area (Å²) in [5.41, 5.74) is 5.43. The quantitative estimate of drug-likeness (QED) is 0.598. The summed E-state index contributed by atoms with van der Waals surface area (Å²) in [4.78, 5) is 0. The van der Waals surface area contributed by atoms with Crippen molar-refractivity contribution < 1.29 is 14.2 Å². The predicted octanol–water partition coefficient (Wildman–Crippen LogP) is 3.00. The molecular formula is C16H27NO3. The normalized spacial score (nSPS) is 10.5. The van der Waals surface area contributed by atoms with Crippen molar-refractivity contribution >= 4 is 0 Å². The average Bonchev–Trinajstić information content (AvgIpc) is 2.47. The molecule has 0 aliphatic heterocycles. The molecule has 0 aliphatic rings. The smallest absolute Gasteiger partial charge is 0.119 e. The molecule has 0 radical (unpaired) electrons. The highest BCUT2D eigenvalue weighted by Gasteiger charge is 1.96. The predicted molar refractivity (Wildman–Crippen MR) is 81.4 cm³/mol. The van der Waals surface area contributed by atoms with E-state index in [4.69, 9.17) is 19.9 Å². The minimum absolute atomic E-state index is 0.677. The Kier molecular flexibility index (Phi) is 9.70. The highest BCUT2D eigenvalue weighted by atomic mass is 16.5. The first-order chi connectivity index (χ1) is 9.86. The van der Waals surface area contributed by atoms with Crippen molar-refractivity contribution in [1.82, 2.24) is 0 Å². The fraction of sp³-hybridized carbons (Fsp3) is 0.625. The topological polar surface area (TPSA) is 53.7 Å². The van der Waals surface area contributed by atoms with Gasteiger partial charge >= 0.3 is 0 Å². The zero-order valence-corrected chi connectivity index (χ0v) is 12.5. The lowest BCUT2D eigenvalue weighted by Crippen LogP contribution is -2.04. The molecule has 0 atom stereocenters. The van der Waals surface area contributed by atoms with E-state index in [-0.39, 0.29) is 0 Å². The Hall–Kier alpha value is -1.26. The number of hydrogen-bond acceptors (Lipinski definition) is 4. The first-order valence-corrected chi connectivity index (χ1v) is 7.50. The van der Waals surface area contributed by atoms with Crippen molar-refractivity contribution in [3.05, 3.63) is 24.3 Å². The van der Waals surface area contributed by atoms with Crippen LogP contribution in [0.2, 0.25) is 0 Å². The van der Waals surface area contributed by atoms with Gasteiger partial charge in [0.05, 0.1) is 13.2 Å². The van der Waals surface area contributed by atoms with Crippen LogP contribution in [0.1, 0.15) is 32.6 Å². The van der Waals surface area contributed by atoms with Crippen LogP contribution in [-0.2, 0) is 4.74 Å². The second-order valence-corrected chi connectivity index (χ2v) is 4.57. The zero-order chi connectivity index (χ0) is 14.5. The molecule has 20 heavy (non-hydrogen) atoms. The van der Waals surface area contributed by atoms with Gasteiger partial charge in [0.2, 0.25) is 0 Å². The third kappa shape index (κ3) is 8.02. The van der Waals surface area contributed by atoms with Gasteiger partial charge < -0.3 is 19.9 Å². The van der Waals surface area contributed by atoms with Gasteiger partial charge in [0, 0.05) is 19.6 Å². The maximum atomic E-state index is 5.63. The molecule has 0 unspecified atom stereocenters. The van der Waals surface area contributed by atoms with Crippen molar-refractivity contribution in [3.63, 3.8) is 0 Å². The lowest BCUT2D eigenvalue weighted by atomic mass is 10.2. The molecule has 0 aliphatic carbocycles. The van der Waals surface area contributed by atoms with Crippen LogP contribution in [0, 0.1) is 0 Å². The lowest BCUT2D eigenvalue weighted by Gasteiger charge is -2.08. The molecule has 0 spiro atoms. The Labute approximate surface area is 122 Å². The van der Waals surface area contributed by atoms with Gasteiger partial charge in [-0.25, -0.2) is 0 Å². The lowest BCUT2D eigenvalue weighted by molar-refractivity contribution is 0.116. The van der Waals surface area contributed by atoms with Gasteiger partial charge in [-0.3, -0.25) is 0 Å².